The molecule has 1 aromatic carbocycles. The SMILES string of the molecule is C=C(C)[C@H]1C[C@H]2[C@@H](C)C(=O)[C@]1(OCOC)C[C@@H]2S(=O)c1ccccc1. The van der Waals surface area contributed by atoms with Gasteiger partial charge in [-0.15, -0.1) is 0 Å². The van der Waals surface area contributed by atoms with Gasteiger partial charge in [0.15, 0.2) is 5.78 Å². The standard InChI is InChI=1S/C20H26O4S/c1-13(2)17-10-16-14(3)19(21)20(17,24-12-23-4)11-18(16)25(22)15-8-6-5-7-9-15/h5-9,14,16-18H,1,10-12H2,2-4H3/t14-,16+,17-,18+,20+,25?/m1/s1. The van der Waals surface area contributed by atoms with Crippen LogP contribution in [0.3, 0.4) is 0 Å². The van der Waals surface area contributed by atoms with Crippen LogP contribution in [0.2, 0.25) is 0 Å². The van der Waals surface area contributed by atoms with Crippen molar-refractivity contribution in [3.8, 4) is 0 Å². The van der Waals surface area contributed by atoms with Gasteiger partial charge in [-0.25, -0.2) is 0 Å². The molecule has 0 amide bonds. The van der Waals surface area contributed by atoms with E-state index < -0.39 is 16.4 Å². The van der Waals surface area contributed by atoms with Crippen LogP contribution in [0.4, 0.5) is 0 Å². The van der Waals surface area contributed by atoms with Crippen LogP contribution < -0.4 is 0 Å². The van der Waals surface area contributed by atoms with Crippen molar-refractivity contribution in [1.82, 2.24) is 0 Å². The first kappa shape index (κ1) is 18.5. The molecule has 0 aromatic heterocycles. The molecule has 6 atom stereocenters. The lowest BCUT2D eigenvalue weighted by molar-refractivity contribution is -0.200. The molecule has 2 bridgehead atoms. The van der Waals surface area contributed by atoms with Crippen molar-refractivity contribution in [1.29, 1.82) is 0 Å². The molecule has 1 aromatic rings. The first-order valence-corrected chi connectivity index (χ1v) is 9.92. The van der Waals surface area contributed by atoms with E-state index in [1.165, 1.54) is 0 Å². The summed E-state index contributed by atoms with van der Waals surface area (Å²) in [5.41, 5.74) is -0.0178. The zero-order chi connectivity index (χ0) is 18.2. The number of methoxy groups -OCH3 is 1. The number of ketones is 1. The fourth-order valence-electron chi connectivity index (χ4n) is 4.54. The molecule has 3 aliphatic carbocycles. The fraction of sp³-hybridized carbons (Fsp3) is 0.550. The molecule has 0 spiro atoms. The maximum Gasteiger partial charge on any atom is 0.168 e. The third kappa shape index (κ3) is 3.03. The van der Waals surface area contributed by atoms with E-state index >= 15 is 0 Å². The first-order valence-electron chi connectivity index (χ1n) is 8.70. The highest BCUT2D eigenvalue weighted by molar-refractivity contribution is 7.85. The number of Topliss-reactive ketones (excluding diaryl/α,β-unsaturated/α-hetero) is 1. The third-order valence-corrected chi connectivity index (χ3v) is 7.61. The summed E-state index contributed by atoms with van der Waals surface area (Å²) in [4.78, 5) is 13.9. The normalized spacial score (nSPS) is 35.6. The van der Waals surface area contributed by atoms with Gasteiger partial charge >= 0.3 is 0 Å². The van der Waals surface area contributed by atoms with E-state index in [4.69, 9.17) is 9.47 Å². The van der Waals surface area contributed by atoms with E-state index in [2.05, 4.69) is 6.58 Å². The summed E-state index contributed by atoms with van der Waals surface area (Å²) in [6, 6.07) is 9.50. The largest absolute Gasteiger partial charge is 0.359 e. The Balaban J connectivity index is 1.98. The average Bonchev–Trinajstić information content (AvgIpc) is 2.63. The number of rotatable bonds is 6. The van der Waals surface area contributed by atoms with Crippen LogP contribution in [0.25, 0.3) is 0 Å². The van der Waals surface area contributed by atoms with Crippen molar-refractivity contribution in [3.05, 3.63) is 42.5 Å². The lowest BCUT2D eigenvalue weighted by Crippen LogP contribution is -2.65. The molecule has 0 heterocycles. The zero-order valence-electron chi connectivity index (χ0n) is 15.1. The Kier molecular flexibility index (Phi) is 5.28. The van der Waals surface area contributed by atoms with Gasteiger partial charge in [0.05, 0.1) is 10.8 Å². The van der Waals surface area contributed by atoms with Gasteiger partial charge in [-0.05, 0) is 37.8 Å². The van der Waals surface area contributed by atoms with E-state index in [0.717, 1.165) is 16.9 Å². The minimum atomic E-state index is -1.17. The molecule has 3 aliphatic rings. The van der Waals surface area contributed by atoms with Crippen molar-refractivity contribution in [2.24, 2.45) is 17.8 Å². The molecule has 4 rings (SSSR count). The number of hydrogen-bond acceptors (Lipinski definition) is 4. The van der Waals surface area contributed by atoms with Gasteiger partial charge in [0.1, 0.15) is 12.4 Å². The van der Waals surface area contributed by atoms with E-state index in [1.807, 2.05) is 44.2 Å². The van der Waals surface area contributed by atoms with Crippen molar-refractivity contribution < 1.29 is 18.5 Å². The van der Waals surface area contributed by atoms with Gasteiger partial charge in [-0.2, -0.15) is 0 Å². The highest BCUT2D eigenvalue weighted by Crippen LogP contribution is 2.54. The summed E-state index contributed by atoms with van der Waals surface area (Å²) in [6.45, 7) is 8.04. The fourth-order valence-corrected chi connectivity index (χ4v) is 6.38. The topological polar surface area (TPSA) is 52.6 Å². The molecule has 0 saturated heterocycles. The van der Waals surface area contributed by atoms with Crippen molar-refractivity contribution >= 4 is 16.6 Å². The Morgan fingerprint density at radius 3 is 2.64 bits per heavy atom. The highest BCUT2D eigenvalue weighted by atomic mass is 32.2. The molecule has 5 heteroatoms. The summed E-state index contributed by atoms with van der Waals surface area (Å²) in [5.74, 6) is -0.0161. The predicted molar refractivity (Wildman–Crippen MR) is 97.5 cm³/mol. The second kappa shape index (κ2) is 7.14. The summed E-state index contributed by atoms with van der Waals surface area (Å²) in [5, 5.41) is -0.0949. The van der Waals surface area contributed by atoms with E-state index in [9.17, 15) is 9.00 Å². The molecule has 25 heavy (non-hydrogen) atoms. The minimum Gasteiger partial charge on any atom is -0.359 e. The highest BCUT2D eigenvalue weighted by Gasteiger charge is 2.62. The van der Waals surface area contributed by atoms with Crippen LogP contribution in [-0.4, -0.2) is 34.7 Å². The van der Waals surface area contributed by atoms with Crippen molar-refractivity contribution in [2.45, 2.75) is 42.4 Å². The summed E-state index contributed by atoms with van der Waals surface area (Å²) in [7, 11) is 0.383. The molecule has 0 aliphatic heterocycles. The van der Waals surface area contributed by atoms with Gasteiger partial charge in [0.25, 0.3) is 0 Å². The molecular formula is C20H26O4S. The summed E-state index contributed by atoms with van der Waals surface area (Å²) >= 11 is 0. The number of fused-ring (bicyclic) bond motifs is 3. The maximum absolute atomic E-state index is 13.2. The Morgan fingerprint density at radius 1 is 1.36 bits per heavy atom. The molecule has 4 nitrogen and oxygen atoms in total. The van der Waals surface area contributed by atoms with Crippen LogP contribution >= 0.6 is 0 Å². The maximum atomic E-state index is 13.2. The number of ether oxygens (including phenoxy) is 2. The summed E-state index contributed by atoms with van der Waals surface area (Å²) in [6.07, 6.45) is 1.25. The second-order valence-corrected chi connectivity index (χ2v) is 8.92. The van der Waals surface area contributed by atoms with Gasteiger partial charge < -0.3 is 9.47 Å². The smallest absolute Gasteiger partial charge is 0.168 e. The molecule has 0 N–H and O–H groups in total. The zero-order valence-corrected chi connectivity index (χ0v) is 15.9. The van der Waals surface area contributed by atoms with Crippen LogP contribution in [0.5, 0.6) is 0 Å². The number of hydrogen-bond donors (Lipinski definition) is 0. The van der Waals surface area contributed by atoms with Crippen molar-refractivity contribution in [2.75, 3.05) is 13.9 Å². The Bertz CT molecular complexity index is 686. The van der Waals surface area contributed by atoms with Crippen LogP contribution in [0.15, 0.2) is 47.4 Å². The van der Waals surface area contributed by atoms with E-state index in [1.54, 1.807) is 7.11 Å². The molecule has 136 valence electrons. The van der Waals surface area contributed by atoms with Crippen LogP contribution in [0.1, 0.15) is 26.7 Å². The minimum absolute atomic E-state index is 0.0413. The quantitative estimate of drug-likeness (QED) is 0.575. The average molecular weight is 362 g/mol. The van der Waals surface area contributed by atoms with Gasteiger partial charge in [0, 0.05) is 29.1 Å². The lowest BCUT2D eigenvalue weighted by atomic mass is 9.55. The Hall–Kier alpha value is -1.30. The van der Waals surface area contributed by atoms with Crippen LogP contribution in [0, 0.1) is 17.8 Å². The molecular weight excluding hydrogens is 336 g/mol. The second-order valence-electron chi connectivity index (χ2n) is 7.24. The number of carbonyl (C=O) groups is 1. The predicted octanol–water partition coefficient (Wildman–Crippen LogP) is 3.34. The van der Waals surface area contributed by atoms with E-state index in [-0.39, 0.29) is 35.6 Å². The Labute approximate surface area is 152 Å². The number of carbonyl (C=O) groups excluding carboxylic acids is 1. The van der Waals surface area contributed by atoms with Gasteiger partial charge in [-0.3, -0.25) is 9.00 Å². The van der Waals surface area contributed by atoms with Gasteiger partial charge in [0.2, 0.25) is 0 Å². The molecule has 3 fully saturated rings. The first-order chi connectivity index (χ1) is 11.9. The number of benzene rings is 1. The van der Waals surface area contributed by atoms with Crippen LogP contribution in [-0.2, 0) is 25.1 Å². The van der Waals surface area contributed by atoms with E-state index in [0.29, 0.717) is 6.42 Å². The molecule has 1 unspecified atom stereocenters. The lowest BCUT2D eigenvalue weighted by Gasteiger charge is -2.56. The molecule has 3 saturated carbocycles. The third-order valence-electron chi connectivity index (χ3n) is 5.81. The summed E-state index contributed by atoms with van der Waals surface area (Å²) < 4.78 is 24.3. The van der Waals surface area contributed by atoms with Gasteiger partial charge in [-0.1, -0.05) is 37.3 Å². The Morgan fingerprint density at radius 2 is 2.04 bits per heavy atom. The monoisotopic (exact) mass is 362 g/mol. The molecule has 0 radical (unpaired) electrons. The van der Waals surface area contributed by atoms with Crippen molar-refractivity contribution in [3.63, 3.8) is 0 Å².